The molecule has 2 rings (SSSR count). The van der Waals surface area contributed by atoms with E-state index in [1.807, 2.05) is 11.8 Å². The first-order valence-electron chi connectivity index (χ1n) is 6.65. The molecule has 3 atom stereocenters. The summed E-state index contributed by atoms with van der Waals surface area (Å²) in [6.45, 7) is 0.300. The zero-order valence-electron chi connectivity index (χ0n) is 10.8. The third-order valence-corrected chi connectivity index (χ3v) is 4.95. The van der Waals surface area contributed by atoms with Crippen LogP contribution in [0.4, 0.5) is 4.79 Å². The molecule has 2 fully saturated rings. The van der Waals surface area contributed by atoms with Crippen LogP contribution in [0.2, 0.25) is 0 Å². The van der Waals surface area contributed by atoms with E-state index in [0.29, 0.717) is 17.9 Å². The molecule has 0 aromatic rings. The third kappa shape index (κ3) is 4.28. The molecule has 2 aliphatic heterocycles. The van der Waals surface area contributed by atoms with Gasteiger partial charge in [-0.1, -0.05) is 12.8 Å². The molecule has 0 spiro atoms. The average Bonchev–Trinajstić information content (AvgIpc) is 2.87. The zero-order valence-corrected chi connectivity index (χ0v) is 11.6. The van der Waals surface area contributed by atoms with Gasteiger partial charge in [-0.25, -0.2) is 9.59 Å². The SMILES string of the molecule is O=C(O)COCCCCCC1SCC2NC(=O)NC21. The smallest absolute Gasteiger partial charge is 0.329 e. The summed E-state index contributed by atoms with van der Waals surface area (Å²) in [6.07, 6.45) is 4.11. The van der Waals surface area contributed by atoms with E-state index < -0.39 is 5.97 Å². The van der Waals surface area contributed by atoms with Gasteiger partial charge in [-0.3, -0.25) is 0 Å². The van der Waals surface area contributed by atoms with Crippen LogP contribution in [-0.4, -0.2) is 53.4 Å². The minimum atomic E-state index is -0.919. The molecule has 0 radical (unpaired) electrons. The molecule has 2 amide bonds. The van der Waals surface area contributed by atoms with Crippen molar-refractivity contribution in [1.29, 1.82) is 0 Å². The Morgan fingerprint density at radius 2 is 2.21 bits per heavy atom. The fourth-order valence-electron chi connectivity index (χ4n) is 2.53. The van der Waals surface area contributed by atoms with Crippen molar-refractivity contribution in [1.82, 2.24) is 10.6 Å². The second kappa shape index (κ2) is 7.00. The second-order valence-electron chi connectivity index (χ2n) is 4.92. The molecule has 0 saturated carbocycles. The van der Waals surface area contributed by atoms with Crippen LogP contribution in [0.25, 0.3) is 0 Å². The number of ether oxygens (including phenoxy) is 1. The monoisotopic (exact) mass is 288 g/mol. The van der Waals surface area contributed by atoms with Gasteiger partial charge in [0.1, 0.15) is 6.61 Å². The highest BCUT2D eigenvalue weighted by atomic mass is 32.2. The molecule has 2 heterocycles. The number of amides is 2. The Morgan fingerprint density at radius 1 is 1.37 bits per heavy atom. The Bertz CT molecular complexity index is 340. The van der Waals surface area contributed by atoms with Crippen molar-refractivity contribution >= 4 is 23.8 Å². The predicted octanol–water partition coefficient (Wildman–Crippen LogP) is 0.813. The van der Waals surface area contributed by atoms with Crippen molar-refractivity contribution in [2.75, 3.05) is 19.0 Å². The number of thioether (sulfide) groups is 1. The molecule has 108 valence electrons. The highest BCUT2D eigenvalue weighted by molar-refractivity contribution is 8.00. The number of hydrogen-bond acceptors (Lipinski definition) is 4. The molecule has 2 aliphatic rings. The van der Waals surface area contributed by atoms with Gasteiger partial charge in [0.2, 0.25) is 0 Å². The van der Waals surface area contributed by atoms with Crippen molar-refractivity contribution in [2.24, 2.45) is 0 Å². The van der Waals surface area contributed by atoms with Gasteiger partial charge in [0.25, 0.3) is 0 Å². The van der Waals surface area contributed by atoms with Gasteiger partial charge in [0, 0.05) is 17.6 Å². The number of carbonyl (C=O) groups is 2. The maximum atomic E-state index is 11.2. The number of aliphatic carboxylic acids is 1. The van der Waals surface area contributed by atoms with E-state index >= 15 is 0 Å². The molecule has 0 aromatic heterocycles. The van der Waals surface area contributed by atoms with E-state index in [2.05, 4.69) is 10.6 Å². The molecule has 3 N–H and O–H groups in total. The lowest BCUT2D eigenvalue weighted by Gasteiger charge is -2.16. The summed E-state index contributed by atoms with van der Waals surface area (Å²) in [5, 5.41) is 14.8. The molecule has 3 unspecified atom stereocenters. The van der Waals surface area contributed by atoms with Gasteiger partial charge in [-0.05, 0) is 12.8 Å². The van der Waals surface area contributed by atoms with Crippen LogP contribution in [0.15, 0.2) is 0 Å². The van der Waals surface area contributed by atoms with E-state index in [1.54, 1.807) is 0 Å². The third-order valence-electron chi connectivity index (χ3n) is 3.44. The molecular weight excluding hydrogens is 268 g/mol. The number of carboxylic acid groups (broad SMARTS) is 1. The van der Waals surface area contributed by atoms with Crippen molar-refractivity contribution in [3.63, 3.8) is 0 Å². The fourth-order valence-corrected chi connectivity index (χ4v) is 4.07. The highest BCUT2D eigenvalue weighted by Gasteiger charge is 2.42. The first-order valence-corrected chi connectivity index (χ1v) is 7.70. The number of fused-ring (bicyclic) bond motifs is 1. The van der Waals surface area contributed by atoms with Crippen LogP contribution < -0.4 is 10.6 Å². The van der Waals surface area contributed by atoms with Gasteiger partial charge in [0.05, 0.1) is 12.1 Å². The summed E-state index contributed by atoms with van der Waals surface area (Å²) >= 11 is 1.92. The number of hydrogen-bond donors (Lipinski definition) is 3. The number of nitrogens with one attached hydrogen (secondary N) is 2. The Hall–Kier alpha value is -0.950. The minimum absolute atomic E-state index is 0.0395. The quantitative estimate of drug-likeness (QED) is 0.454. The number of urea groups is 1. The van der Waals surface area contributed by atoms with Crippen LogP contribution in [-0.2, 0) is 9.53 Å². The molecule has 7 heteroatoms. The van der Waals surface area contributed by atoms with E-state index in [9.17, 15) is 9.59 Å². The maximum absolute atomic E-state index is 11.2. The molecule has 2 saturated heterocycles. The number of rotatable bonds is 8. The molecule has 6 nitrogen and oxygen atoms in total. The van der Waals surface area contributed by atoms with E-state index in [1.165, 1.54) is 0 Å². The van der Waals surface area contributed by atoms with E-state index in [-0.39, 0.29) is 18.7 Å². The largest absolute Gasteiger partial charge is 0.480 e. The summed E-state index contributed by atoms with van der Waals surface area (Å²) in [5.74, 6) is 0.0772. The highest BCUT2D eigenvalue weighted by Crippen LogP contribution is 2.33. The van der Waals surface area contributed by atoms with E-state index in [0.717, 1.165) is 31.4 Å². The van der Waals surface area contributed by atoms with Crippen LogP contribution >= 0.6 is 11.8 Å². The summed E-state index contributed by atoms with van der Waals surface area (Å²) in [5.41, 5.74) is 0. The second-order valence-corrected chi connectivity index (χ2v) is 6.19. The Balaban J connectivity index is 1.52. The molecular formula is C12H20N2O4S. The van der Waals surface area contributed by atoms with E-state index in [4.69, 9.17) is 9.84 Å². The van der Waals surface area contributed by atoms with Crippen molar-refractivity contribution in [2.45, 2.75) is 43.0 Å². The Labute approximate surface area is 116 Å². The standard InChI is InChI=1S/C12H20N2O4S/c15-10(16)6-18-5-3-1-2-4-9-11-8(7-19-9)13-12(17)14-11/h8-9,11H,1-7H2,(H,15,16)(H2,13,14,17). The minimum Gasteiger partial charge on any atom is -0.480 e. The summed E-state index contributed by atoms with van der Waals surface area (Å²) in [6, 6.07) is 0.532. The van der Waals surface area contributed by atoms with Crippen LogP contribution in [0.3, 0.4) is 0 Å². The average molecular weight is 288 g/mol. The van der Waals surface area contributed by atoms with Crippen molar-refractivity contribution in [3.8, 4) is 0 Å². The number of unbranched alkanes of at least 4 members (excludes halogenated alkanes) is 2. The predicted molar refractivity (Wildman–Crippen MR) is 72.4 cm³/mol. The van der Waals surface area contributed by atoms with Gasteiger partial charge < -0.3 is 20.5 Å². The van der Waals surface area contributed by atoms with Crippen molar-refractivity contribution < 1.29 is 19.4 Å². The van der Waals surface area contributed by atoms with Gasteiger partial charge in [0.15, 0.2) is 0 Å². The molecule has 19 heavy (non-hydrogen) atoms. The van der Waals surface area contributed by atoms with Crippen LogP contribution in [0.5, 0.6) is 0 Å². The van der Waals surface area contributed by atoms with Gasteiger partial charge in [-0.2, -0.15) is 11.8 Å². The number of carbonyl (C=O) groups excluding carboxylic acids is 1. The summed E-state index contributed by atoms with van der Waals surface area (Å²) in [7, 11) is 0. The van der Waals surface area contributed by atoms with Crippen LogP contribution in [0, 0.1) is 0 Å². The fraction of sp³-hybridized carbons (Fsp3) is 0.833. The Morgan fingerprint density at radius 3 is 3.00 bits per heavy atom. The first kappa shape index (κ1) is 14.5. The first-order chi connectivity index (χ1) is 9.16. The zero-order chi connectivity index (χ0) is 13.7. The topological polar surface area (TPSA) is 87.7 Å². The van der Waals surface area contributed by atoms with Crippen LogP contribution in [0.1, 0.15) is 25.7 Å². The number of carboxylic acids is 1. The van der Waals surface area contributed by atoms with Gasteiger partial charge in [-0.15, -0.1) is 0 Å². The van der Waals surface area contributed by atoms with Crippen molar-refractivity contribution in [3.05, 3.63) is 0 Å². The lowest BCUT2D eigenvalue weighted by Crippen LogP contribution is -2.36. The van der Waals surface area contributed by atoms with Gasteiger partial charge >= 0.3 is 12.0 Å². The summed E-state index contributed by atoms with van der Waals surface area (Å²) in [4.78, 5) is 21.4. The summed E-state index contributed by atoms with van der Waals surface area (Å²) < 4.78 is 4.98. The lowest BCUT2D eigenvalue weighted by atomic mass is 10.0. The molecule has 0 aromatic carbocycles. The Kier molecular flexibility index (Phi) is 5.33. The molecule has 0 aliphatic carbocycles. The molecule has 0 bridgehead atoms. The lowest BCUT2D eigenvalue weighted by molar-refractivity contribution is -0.142. The normalized spacial score (nSPS) is 28.8. The maximum Gasteiger partial charge on any atom is 0.329 e.